The largest absolute Gasteiger partial charge is 0.491 e. The molecule has 10 atom stereocenters. The van der Waals surface area contributed by atoms with Crippen molar-refractivity contribution in [2.75, 3.05) is 66.0 Å². The van der Waals surface area contributed by atoms with Crippen molar-refractivity contribution in [2.24, 2.45) is 11.8 Å². The molecule has 10 rings (SSSR count). The Kier molecular flexibility index (Phi) is 16.3. The highest BCUT2D eigenvalue weighted by Crippen LogP contribution is 2.65. The third-order valence-electron chi connectivity index (χ3n) is 15.8. The average molecular weight is 1190 g/mol. The van der Waals surface area contributed by atoms with Crippen LogP contribution in [-0.4, -0.2) is 134 Å². The molecular formula is C61H65IN5O12+. The van der Waals surface area contributed by atoms with Gasteiger partial charge in [-0.15, -0.1) is 0 Å². The molecule has 5 aliphatic rings. The fourth-order valence-electron chi connectivity index (χ4n) is 12.5. The van der Waals surface area contributed by atoms with E-state index in [2.05, 4.69) is 60.9 Å². The molecule has 4 fully saturated rings. The first-order valence-corrected chi connectivity index (χ1v) is 27.8. The van der Waals surface area contributed by atoms with E-state index < -0.39 is 83.4 Å². The minimum atomic E-state index is -1.72. The summed E-state index contributed by atoms with van der Waals surface area (Å²) in [7, 11) is 6.32. The quantitative estimate of drug-likeness (QED) is 0.0182. The van der Waals surface area contributed by atoms with Crippen molar-refractivity contribution in [1.82, 2.24) is 15.1 Å². The number of anilines is 1. The summed E-state index contributed by atoms with van der Waals surface area (Å²) in [5, 5.41) is 15.5. The van der Waals surface area contributed by atoms with Crippen molar-refractivity contribution >= 4 is 63.9 Å². The van der Waals surface area contributed by atoms with Crippen LogP contribution in [0.1, 0.15) is 77.7 Å². The van der Waals surface area contributed by atoms with Gasteiger partial charge in [0, 0.05) is 9.26 Å². The van der Waals surface area contributed by atoms with Crippen molar-refractivity contribution in [2.45, 2.75) is 73.5 Å². The summed E-state index contributed by atoms with van der Waals surface area (Å²) >= 11 is 2.18. The van der Waals surface area contributed by atoms with Gasteiger partial charge < -0.3 is 48.8 Å². The monoisotopic (exact) mass is 1190 g/mol. The Labute approximate surface area is 472 Å². The lowest BCUT2D eigenvalue weighted by molar-refractivity contribution is -0.870. The maximum atomic E-state index is 15.3. The summed E-state index contributed by atoms with van der Waals surface area (Å²) in [5.41, 5.74) is 2.06. The number of piperazine rings is 1. The highest BCUT2D eigenvalue weighted by atomic mass is 127. The Morgan fingerprint density at radius 2 is 1.48 bits per heavy atom. The maximum Gasteiger partial charge on any atom is 0.325 e. The van der Waals surface area contributed by atoms with Crippen LogP contribution < -0.4 is 20.1 Å². The summed E-state index contributed by atoms with van der Waals surface area (Å²) in [6.45, 7) is 4.11. The van der Waals surface area contributed by atoms with E-state index in [1.807, 2.05) is 89.8 Å². The molecule has 0 unspecified atom stereocenters. The third-order valence-corrected chi connectivity index (χ3v) is 16.4. The second-order valence-corrected chi connectivity index (χ2v) is 22.9. The first-order valence-electron chi connectivity index (χ1n) is 26.8. The second-order valence-electron chi connectivity index (χ2n) is 21.7. The molecule has 0 aromatic heterocycles. The lowest BCUT2D eigenvalue weighted by Crippen LogP contribution is -2.61. The van der Waals surface area contributed by atoms with Gasteiger partial charge in [0.1, 0.15) is 73.5 Å². The molecule has 0 saturated carbocycles. The van der Waals surface area contributed by atoms with Crippen LogP contribution in [0, 0.1) is 15.4 Å². The van der Waals surface area contributed by atoms with E-state index in [0.29, 0.717) is 40.3 Å². The number of quaternary nitrogens is 1. The predicted molar refractivity (Wildman–Crippen MR) is 299 cm³/mol. The Morgan fingerprint density at radius 3 is 2.19 bits per heavy atom. The van der Waals surface area contributed by atoms with Crippen LogP contribution in [0.15, 0.2) is 140 Å². The van der Waals surface area contributed by atoms with Crippen molar-refractivity contribution in [1.29, 1.82) is 0 Å². The van der Waals surface area contributed by atoms with Crippen LogP contribution in [0.4, 0.5) is 5.69 Å². The number of aliphatic hydroxyl groups is 1. The van der Waals surface area contributed by atoms with E-state index in [1.54, 1.807) is 47.4 Å². The SMILES string of the molecule is C=CCOC(=O)[C@@H]1[C@H]2C(=O)O[C@H](c3ccccc3)[C@H](c3ccccc3)N2[C@H](c2ccc(OCCOC(=O)[C@H]3C[C@H]4C(=O)N[C@@H](CCCC[N+](C)(C)C)C(=O)N4[C@H]3c3cccc(OCCO)c3)cc2)[C@@]12C(=O)Nc1ccc(I)cc12. The number of benzene rings is 5. The summed E-state index contributed by atoms with van der Waals surface area (Å²) in [6, 6.07) is 33.3. The Balaban J connectivity index is 0.934. The summed E-state index contributed by atoms with van der Waals surface area (Å²) < 4.78 is 31.8. The Hall–Kier alpha value is -7.13. The maximum absolute atomic E-state index is 15.3. The molecule has 0 aliphatic carbocycles. The first kappa shape index (κ1) is 55.2. The molecule has 5 heterocycles. The molecule has 5 aliphatic heterocycles. The summed E-state index contributed by atoms with van der Waals surface area (Å²) in [6.07, 6.45) is 2.69. The number of aliphatic hydroxyl groups excluding tert-OH is 1. The number of hydrogen-bond acceptors (Lipinski definition) is 13. The van der Waals surface area contributed by atoms with Gasteiger partial charge in [0.15, 0.2) is 0 Å². The van der Waals surface area contributed by atoms with Gasteiger partial charge in [0.25, 0.3) is 0 Å². The number of morpholine rings is 1. The van der Waals surface area contributed by atoms with E-state index in [1.165, 1.54) is 6.08 Å². The number of carbonyl (C=O) groups is 6. The smallest absolute Gasteiger partial charge is 0.325 e. The number of nitrogens with zero attached hydrogens (tertiary/aromatic N) is 3. The molecule has 0 radical (unpaired) electrons. The van der Waals surface area contributed by atoms with Crippen molar-refractivity contribution in [3.63, 3.8) is 0 Å². The second kappa shape index (κ2) is 23.3. The lowest BCUT2D eigenvalue weighted by atomic mass is 9.65. The van der Waals surface area contributed by atoms with Crippen molar-refractivity contribution in [3.05, 3.63) is 171 Å². The highest BCUT2D eigenvalue weighted by Gasteiger charge is 2.74. The topological polar surface area (TPSA) is 199 Å². The number of halogens is 1. The van der Waals surface area contributed by atoms with Gasteiger partial charge in [-0.2, -0.15) is 0 Å². The van der Waals surface area contributed by atoms with E-state index in [-0.39, 0.29) is 51.3 Å². The van der Waals surface area contributed by atoms with Gasteiger partial charge in [0.2, 0.25) is 17.7 Å². The minimum Gasteiger partial charge on any atom is -0.491 e. The minimum absolute atomic E-state index is 0.0449. The van der Waals surface area contributed by atoms with Crippen LogP contribution in [0.2, 0.25) is 0 Å². The molecule has 1 spiro atoms. The zero-order chi connectivity index (χ0) is 55.6. The van der Waals surface area contributed by atoms with E-state index in [0.717, 1.165) is 38.6 Å². The predicted octanol–water partition coefficient (Wildman–Crippen LogP) is 6.92. The Bertz CT molecular complexity index is 3100. The number of rotatable bonds is 20. The molecule has 5 aromatic rings. The van der Waals surface area contributed by atoms with E-state index >= 15 is 4.79 Å². The molecule has 79 heavy (non-hydrogen) atoms. The van der Waals surface area contributed by atoms with Crippen LogP contribution >= 0.6 is 22.6 Å². The molecule has 3 amide bonds. The van der Waals surface area contributed by atoms with Gasteiger partial charge in [-0.25, -0.2) is 0 Å². The van der Waals surface area contributed by atoms with Gasteiger partial charge in [-0.1, -0.05) is 97.6 Å². The zero-order valence-electron chi connectivity index (χ0n) is 44.3. The molecule has 17 nitrogen and oxygen atoms in total. The standard InChI is InChI=1S/C61H64IN5O12/c1-5-30-77-58(72)49-52-59(73)79-53(38-17-10-7-11-18-38)51(37-15-8-6-9-16-37)66(52)54(61(49)45-35-41(62)24-27-46(45)64-60(61)74)39-22-25-42(26-23-39)76-32-33-78-57(71)44-36-48-55(69)63-47(21-12-13-28-67(2,3)4)56(70)65(48)50(44)40-19-14-20-43(34-40)75-31-29-68/h5-11,14-20,22-27,34-35,44,47-54,68H,1,12-13,21,28-33,36H2,2-4H3,(H-,63,64,69,74)/p+1/t44-,47-,48-,49-,50-,51-,52-,53+,54+,61-/m0/s1. The number of unbranched alkanes of at least 4 members (excludes halogenated alkanes) is 1. The normalized spacial score (nSPS) is 26.1. The van der Waals surface area contributed by atoms with Gasteiger partial charge in [-0.05, 0) is 119 Å². The van der Waals surface area contributed by atoms with Crippen LogP contribution in [0.3, 0.4) is 0 Å². The fraction of sp³-hybridized carbons (Fsp3) is 0.377. The third kappa shape index (κ3) is 10.7. The van der Waals surface area contributed by atoms with Crippen LogP contribution in [0.25, 0.3) is 0 Å². The molecule has 0 bridgehead atoms. The number of amides is 3. The molecule has 4 saturated heterocycles. The molecule has 412 valence electrons. The number of cyclic esters (lactones) is 1. The molecule has 3 N–H and O–H groups in total. The number of ether oxygens (including phenoxy) is 5. The molecule has 5 aromatic carbocycles. The Morgan fingerprint density at radius 1 is 0.772 bits per heavy atom. The summed E-state index contributed by atoms with van der Waals surface area (Å²) in [5.74, 6) is -4.52. The van der Waals surface area contributed by atoms with Gasteiger partial charge >= 0.3 is 17.9 Å². The van der Waals surface area contributed by atoms with Gasteiger partial charge in [-0.3, -0.25) is 33.7 Å². The average Bonchev–Trinajstić information content (AvgIpc) is 2.85. The van der Waals surface area contributed by atoms with E-state index in [9.17, 15) is 29.1 Å². The number of hydrogen-bond donors (Lipinski definition) is 3. The molecular weight excluding hydrogens is 1120 g/mol. The van der Waals surface area contributed by atoms with Crippen molar-refractivity contribution in [3.8, 4) is 11.5 Å². The first-order chi connectivity index (χ1) is 38.1. The van der Waals surface area contributed by atoms with E-state index in [4.69, 9.17) is 23.7 Å². The number of esters is 3. The van der Waals surface area contributed by atoms with Gasteiger partial charge in [0.05, 0.1) is 58.3 Å². The highest BCUT2D eigenvalue weighted by molar-refractivity contribution is 14.1. The molecule has 18 heteroatoms. The fourth-order valence-corrected chi connectivity index (χ4v) is 13.0. The summed E-state index contributed by atoms with van der Waals surface area (Å²) in [4.78, 5) is 91.0. The van der Waals surface area contributed by atoms with Crippen LogP contribution in [-0.2, 0) is 48.4 Å². The van der Waals surface area contributed by atoms with Crippen molar-refractivity contribution < 1.29 is 62.0 Å². The van der Waals surface area contributed by atoms with Crippen LogP contribution in [0.5, 0.6) is 11.5 Å². The number of carbonyl (C=O) groups excluding carboxylic acids is 6. The lowest BCUT2D eigenvalue weighted by Gasteiger charge is -2.46. The zero-order valence-corrected chi connectivity index (χ0v) is 46.5. The number of fused-ring (bicyclic) bond motifs is 4. The number of nitrogens with one attached hydrogen (secondary N) is 2.